The van der Waals surface area contributed by atoms with E-state index in [4.69, 9.17) is 4.42 Å². The van der Waals surface area contributed by atoms with Gasteiger partial charge >= 0.3 is 5.97 Å². The molecule has 8 heteroatoms. The molecule has 2 aromatic rings. The van der Waals surface area contributed by atoms with Crippen LogP contribution in [-0.4, -0.2) is 13.1 Å². The van der Waals surface area contributed by atoms with Crippen LogP contribution in [0.2, 0.25) is 0 Å². The number of halogens is 5. The molecule has 0 saturated heterocycles. The van der Waals surface area contributed by atoms with Gasteiger partial charge < -0.3 is 9.15 Å². The Kier molecular flexibility index (Phi) is 3.71. The number of esters is 1. The third-order valence-corrected chi connectivity index (χ3v) is 2.78. The number of carbonyl (C=O) groups excluding carboxylic acids is 1. The zero-order chi connectivity index (χ0) is 15.9. The Labute approximate surface area is 114 Å². The van der Waals surface area contributed by atoms with Crippen molar-refractivity contribution in [3.05, 3.63) is 46.5 Å². The van der Waals surface area contributed by atoms with Crippen LogP contribution in [0.4, 0.5) is 22.0 Å². The minimum Gasteiger partial charge on any atom is -0.465 e. The number of methoxy groups -OCH3 is 1. The van der Waals surface area contributed by atoms with E-state index in [1.807, 2.05) is 0 Å². The van der Waals surface area contributed by atoms with E-state index in [1.54, 1.807) is 0 Å². The molecular weight excluding hydrogens is 299 g/mol. The first-order chi connectivity index (χ1) is 9.79. The van der Waals surface area contributed by atoms with Gasteiger partial charge in [0.1, 0.15) is 17.1 Å². The predicted molar refractivity (Wildman–Crippen MR) is 60.0 cm³/mol. The monoisotopic (exact) mass is 306 g/mol. The van der Waals surface area contributed by atoms with Crippen molar-refractivity contribution in [3.8, 4) is 11.3 Å². The zero-order valence-electron chi connectivity index (χ0n) is 10.7. The molecule has 0 aliphatic rings. The fourth-order valence-electron chi connectivity index (χ4n) is 1.74. The second kappa shape index (κ2) is 5.19. The van der Waals surface area contributed by atoms with Gasteiger partial charge in [0.25, 0.3) is 0 Å². The fraction of sp³-hybridized carbons (Fsp3) is 0.154. The summed E-state index contributed by atoms with van der Waals surface area (Å²) >= 11 is 0. The maximum Gasteiger partial charge on any atom is 0.341 e. The average Bonchev–Trinajstić information content (AvgIpc) is 2.84. The summed E-state index contributed by atoms with van der Waals surface area (Å²) in [6, 6.07) is 0.847. The van der Waals surface area contributed by atoms with Gasteiger partial charge in [-0.25, -0.2) is 26.7 Å². The molecular formula is C13H7F5O3. The van der Waals surface area contributed by atoms with E-state index in [0.717, 1.165) is 13.2 Å². The largest absolute Gasteiger partial charge is 0.465 e. The van der Waals surface area contributed by atoms with E-state index in [0.29, 0.717) is 0 Å². The molecule has 0 aliphatic carbocycles. The summed E-state index contributed by atoms with van der Waals surface area (Å²) in [7, 11) is 1.06. The van der Waals surface area contributed by atoms with Crippen LogP contribution >= 0.6 is 0 Å². The topological polar surface area (TPSA) is 39.4 Å². The van der Waals surface area contributed by atoms with Gasteiger partial charge in [-0.15, -0.1) is 0 Å². The maximum absolute atomic E-state index is 13.6. The lowest BCUT2D eigenvalue weighted by molar-refractivity contribution is 0.0599. The summed E-state index contributed by atoms with van der Waals surface area (Å²) in [4.78, 5) is 11.4. The maximum atomic E-state index is 13.6. The van der Waals surface area contributed by atoms with Crippen molar-refractivity contribution in [1.82, 2.24) is 0 Å². The molecule has 112 valence electrons. The fourth-order valence-corrected chi connectivity index (χ4v) is 1.74. The number of benzene rings is 1. The van der Waals surface area contributed by atoms with E-state index in [9.17, 15) is 26.7 Å². The van der Waals surface area contributed by atoms with Crippen LogP contribution in [0.25, 0.3) is 11.3 Å². The molecule has 1 aromatic heterocycles. The number of hydrogen-bond donors (Lipinski definition) is 0. The molecule has 0 fully saturated rings. The number of carbonyl (C=O) groups is 1. The average molecular weight is 306 g/mol. The molecule has 0 aliphatic heterocycles. The second-order valence-corrected chi connectivity index (χ2v) is 4.02. The van der Waals surface area contributed by atoms with Crippen LogP contribution in [-0.2, 0) is 4.74 Å². The van der Waals surface area contributed by atoms with Crippen molar-refractivity contribution in [3.63, 3.8) is 0 Å². The van der Waals surface area contributed by atoms with Gasteiger partial charge in [0, 0.05) is 0 Å². The van der Waals surface area contributed by atoms with Gasteiger partial charge in [0.2, 0.25) is 5.82 Å². The summed E-state index contributed by atoms with van der Waals surface area (Å²) < 4.78 is 75.7. The highest BCUT2D eigenvalue weighted by Gasteiger charge is 2.29. The van der Waals surface area contributed by atoms with Crippen molar-refractivity contribution >= 4 is 5.97 Å². The van der Waals surface area contributed by atoms with Crippen molar-refractivity contribution in [1.29, 1.82) is 0 Å². The van der Waals surface area contributed by atoms with Gasteiger partial charge in [-0.2, -0.15) is 0 Å². The third-order valence-electron chi connectivity index (χ3n) is 2.78. The molecule has 1 aromatic carbocycles. The SMILES string of the molecule is COC(=O)c1cc(-c2c(F)c(F)c(F)c(F)c2F)oc1C. The van der Waals surface area contributed by atoms with Gasteiger partial charge in [-0.1, -0.05) is 0 Å². The quantitative estimate of drug-likeness (QED) is 0.367. The second-order valence-electron chi connectivity index (χ2n) is 4.02. The number of ether oxygens (including phenoxy) is 1. The van der Waals surface area contributed by atoms with Gasteiger partial charge in [0.05, 0.1) is 12.7 Å². The number of aryl methyl sites for hydroxylation is 1. The highest BCUT2D eigenvalue weighted by molar-refractivity contribution is 5.91. The van der Waals surface area contributed by atoms with Crippen LogP contribution in [0, 0.1) is 36.0 Å². The molecule has 0 bridgehead atoms. The molecule has 0 radical (unpaired) electrons. The number of hydrogen-bond acceptors (Lipinski definition) is 3. The Bertz CT molecular complexity index is 707. The van der Waals surface area contributed by atoms with E-state index in [-0.39, 0.29) is 11.3 Å². The first-order valence-corrected chi connectivity index (χ1v) is 5.50. The van der Waals surface area contributed by atoms with Crippen LogP contribution in [0.5, 0.6) is 0 Å². The van der Waals surface area contributed by atoms with Crippen molar-refractivity contribution in [2.75, 3.05) is 7.11 Å². The predicted octanol–water partition coefficient (Wildman–Crippen LogP) is 3.74. The standard InChI is InChI=1S/C13H7F5O3/c1-4-5(13(19)20-2)3-6(21-4)7-8(14)10(16)12(18)11(17)9(7)15/h3H,1-2H3. The smallest absolute Gasteiger partial charge is 0.341 e. The molecule has 0 amide bonds. The minimum absolute atomic E-state index is 0.0826. The zero-order valence-corrected chi connectivity index (χ0v) is 10.7. The van der Waals surface area contributed by atoms with Gasteiger partial charge in [-0.3, -0.25) is 0 Å². The van der Waals surface area contributed by atoms with Crippen molar-refractivity contribution < 1.29 is 35.9 Å². The number of furan rings is 1. The van der Waals surface area contributed by atoms with Crippen LogP contribution < -0.4 is 0 Å². The minimum atomic E-state index is -2.27. The highest BCUT2D eigenvalue weighted by Crippen LogP contribution is 2.34. The Morgan fingerprint density at radius 1 is 1.00 bits per heavy atom. The Morgan fingerprint density at radius 2 is 1.48 bits per heavy atom. The van der Waals surface area contributed by atoms with Crippen LogP contribution in [0.3, 0.4) is 0 Å². The Hall–Kier alpha value is -2.38. The number of rotatable bonds is 2. The van der Waals surface area contributed by atoms with E-state index in [2.05, 4.69) is 4.74 Å². The van der Waals surface area contributed by atoms with Gasteiger partial charge in [-0.05, 0) is 13.0 Å². The Morgan fingerprint density at radius 3 is 1.95 bits per heavy atom. The summed E-state index contributed by atoms with van der Waals surface area (Å²) in [6.45, 7) is 1.28. The van der Waals surface area contributed by atoms with Crippen molar-refractivity contribution in [2.24, 2.45) is 0 Å². The lowest BCUT2D eigenvalue weighted by Crippen LogP contribution is -2.03. The molecule has 21 heavy (non-hydrogen) atoms. The summed E-state index contributed by atoms with van der Waals surface area (Å²) in [5.41, 5.74) is -1.43. The van der Waals surface area contributed by atoms with E-state index < -0.39 is 46.4 Å². The summed E-state index contributed by atoms with van der Waals surface area (Å²) in [6.07, 6.45) is 0. The van der Waals surface area contributed by atoms with Crippen LogP contribution in [0.15, 0.2) is 10.5 Å². The molecule has 0 atom stereocenters. The molecule has 0 spiro atoms. The third kappa shape index (κ3) is 2.26. The van der Waals surface area contributed by atoms with E-state index in [1.165, 1.54) is 6.92 Å². The summed E-state index contributed by atoms with van der Waals surface area (Å²) in [5, 5.41) is 0. The molecule has 0 N–H and O–H groups in total. The molecule has 0 saturated carbocycles. The van der Waals surface area contributed by atoms with E-state index >= 15 is 0 Å². The molecule has 3 nitrogen and oxygen atoms in total. The lowest BCUT2D eigenvalue weighted by Gasteiger charge is -2.05. The van der Waals surface area contributed by atoms with Gasteiger partial charge in [0.15, 0.2) is 23.3 Å². The van der Waals surface area contributed by atoms with Crippen LogP contribution in [0.1, 0.15) is 16.1 Å². The molecule has 0 unspecified atom stereocenters. The summed E-state index contributed by atoms with van der Waals surface area (Å²) in [5.74, 6) is -12.2. The molecule has 2 rings (SSSR count). The first kappa shape index (κ1) is 15.0. The van der Waals surface area contributed by atoms with Crippen molar-refractivity contribution in [2.45, 2.75) is 6.92 Å². The normalized spacial score (nSPS) is 10.8. The highest BCUT2D eigenvalue weighted by atomic mass is 19.2. The lowest BCUT2D eigenvalue weighted by atomic mass is 10.1. The Balaban J connectivity index is 2.71. The molecule has 1 heterocycles. The first-order valence-electron chi connectivity index (χ1n) is 5.50.